The van der Waals surface area contributed by atoms with Gasteiger partial charge in [-0.3, -0.25) is 4.79 Å². The van der Waals surface area contributed by atoms with E-state index in [0.29, 0.717) is 44.6 Å². The Hall–Kier alpha value is -2.43. The van der Waals surface area contributed by atoms with Crippen molar-refractivity contribution in [3.05, 3.63) is 55.1 Å². The molecule has 2 rings (SSSR count). The molecule has 1 aromatic rings. The Labute approximate surface area is 155 Å². The number of sulfonamides is 1. The number of carbonyl (C=O) groups is 1. The number of rotatable bonds is 7. The van der Waals surface area contributed by atoms with Crippen molar-refractivity contribution in [3.63, 3.8) is 0 Å². The van der Waals surface area contributed by atoms with Crippen LogP contribution in [0.15, 0.2) is 54.5 Å². The predicted octanol–water partition coefficient (Wildman–Crippen LogP) is 2.16. The lowest BCUT2D eigenvalue weighted by atomic mass is 9.96. The third kappa shape index (κ3) is 4.40. The molecular formula is C19H23N3O3S. The molecule has 0 saturated carbocycles. The monoisotopic (exact) mass is 373 g/mol. The summed E-state index contributed by atoms with van der Waals surface area (Å²) in [6, 6.07) is 7.84. The molecule has 26 heavy (non-hydrogen) atoms. The van der Waals surface area contributed by atoms with Gasteiger partial charge >= 0.3 is 0 Å². The largest absolute Gasteiger partial charge is 0.335 e. The summed E-state index contributed by atoms with van der Waals surface area (Å²) >= 11 is 0. The van der Waals surface area contributed by atoms with Gasteiger partial charge in [-0.15, -0.1) is 13.2 Å². The number of amides is 1. The number of hydrogen-bond donors (Lipinski definition) is 0. The van der Waals surface area contributed by atoms with E-state index in [-0.39, 0.29) is 16.7 Å². The Bertz CT molecular complexity index is 791. The first-order chi connectivity index (χ1) is 12.4. The van der Waals surface area contributed by atoms with E-state index in [0.717, 1.165) is 0 Å². The Morgan fingerprint density at radius 2 is 1.73 bits per heavy atom. The van der Waals surface area contributed by atoms with E-state index in [9.17, 15) is 13.2 Å². The topological polar surface area (TPSA) is 81.5 Å². The number of benzene rings is 1. The number of nitrogens with zero attached hydrogens (tertiary/aromatic N) is 3. The number of carbonyl (C=O) groups excluding carboxylic acids is 1. The second kappa shape index (κ2) is 8.79. The van der Waals surface area contributed by atoms with Gasteiger partial charge in [0.15, 0.2) is 0 Å². The minimum Gasteiger partial charge on any atom is -0.335 e. The van der Waals surface area contributed by atoms with Crippen LogP contribution in [-0.4, -0.2) is 49.7 Å². The maximum Gasteiger partial charge on any atom is 0.243 e. The van der Waals surface area contributed by atoms with Gasteiger partial charge in [0.05, 0.1) is 16.5 Å². The zero-order valence-electron chi connectivity index (χ0n) is 14.7. The van der Waals surface area contributed by atoms with Gasteiger partial charge in [0.2, 0.25) is 15.9 Å². The highest BCUT2D eigenvalue weighted by Gasteiger charge is 2.33. The molecule has 1 aliphatic heterocycles. The molecule has 0 unspecified atom stereocenters. The SMILES string of the molecule is C=CCN(CC=C)C(=O)C1CCN(S(=O)(=O)c2ccc(C#N)cc2)CC1. The van der Waals surface area contributed by atoms with Crippen LogP contribution >= 0.6 is 0 Å². The molecule has 0 aromatic heterocycles. The molecule has 0 N–H and O–H groups in total. The zero-order valence-corrected chi connectivity index (χ0v) is 15.5. The first kappa shape index (κ1) is 19.9. The van der Waals surface area contributed by atoms with E-state index >= 15 is 0 Å². The second-order valence-corrected chi connectivity index (χ2v) is 8.07. The maximum atomic E-state index is 12.7. The molecular weight excluding hydrogens is 350 g/mol. The molecule has 1 fully saturated rings. The number of nitriles is 1. The van der Waals surface area contributed by atoms with Crippen molar-refractivity contribution in [1.29, 1.82) is 5.26 Å². The van der Waals surface area contributed by atoms with E-state index in [1.54, 1.807) is 17.1 Å². The van der Waals surface area contributed by atoms with E-state index in [1.165, 1.54) is 28.6 Å². The number of piperidine rings is 1. The summed E-state index contributed by atoms with van der Waals surface area (Å²) in [6.45, 7) is 8.84. The summed E-state index contributed by atoms with van der Waals surface area (Å²) < 4.78 is 26.9. The van der Waals surface area contributed by atoms with Gasteiger partial charge in [0.25, 0.3) is 0 Å². The maximum absolute atomic E-state index is 12.7. The first-order valence-electron chi connectivity index (χ1n) is 8.45. The molecule has 7 heteroatoms. The van der Waals surface area contributed by atoms with Crippen LogP contribution in [0.2, 0.25) is 0 Å². The second-order valence-electron chi connectivity index (χ2n) is 6.14. The Balaban J connectivity index is 2.04. The van der Waals surface area contributed by atoms with E-state index in [2.05, 4.69) is 13.2 Å². The van der Waals surface area contributed by atoms with Crippen LogP contribution < -0.4 is 0 Å². The molecule has 0 aliphatic carbocycles. The number of hydrogen-bond acceptors (Lipinski definition) is 4. The highest BCUT2D eigenvalue weighted by molar-refractivity contribution is 7.89. The lowest BCUT2D eigenvalue weighted by Crippen LogP contribution is -2.44. The molecule has 0 atom stereocenters. The third-order valence-corrected chi connectivity index (χ3v) is 6.35. The minimum atomic E-state index is -3.61. The van der Waals surface area contributed by atoms with E-state index in [1.807, 2.05) is 6.07 Å². The van der Waals surface area contributed by atoms with Crippen LogP contribution in [0.25, 0.3) is 0 Å². The Morgan fingerprint density at radius 3 is 2.19 bits per heavy atom. The molecule has 1 saturated heterocycles. The summed E-state index contributed by atoms with van der Waals surface area (Å²) in [5, 5.41) is 8.82. The van der Waals surface area contributed by atoms with Gasteiger partial charge in [-0.05, 0) is 37.1 Å². The van der Waals surface area contributed by atoms with Crippen LogP contribution in [0.3, 0.4) is 0 Å². The average Bonchev–Trinajstić information content (AvgIpc) is 2.67. The molecule has 1 aliphatic rings. The predicted molar refractivity (Wildman–Crippen MR) is 99.6 cm³/mol. The summed E-state index contributed by atoms with van der Waals surface area (Å²) in [4.78, 5) is 14.5. The van der Waals surface area contributed by atoms with Crippen LogP contribution in [0.5, 0.6) is 0 Å². The molecule has 138 valence electrons. The first-order valence-corrected chi connectivity index (χ1v) is 9.89. The molecule has 0 spiro atoms. The van der Waals surface area contributed by atoms with Crippen molar-refractivity contribution >= 4 is 15.9 Å². The van der Waals surface area contributed by atoms with Crippen LogP contribution in [-0.2, 0) is 14.8 Å². The smallest absolute Gasteiger partial charge is 0.243 e. The van der Waals surface area contributed by atoms with Crippen molar-refractivity contribution in [2.75, 3.05) is 26.2 Å². The quantitative estimate of drug-likeness (QED) is 0.686. The highest BCUT2D eigenvalue weighted by Crippen LogP contribution is 2.25. The van der Waals surface area contributed by atoms with E-state index in [4.69, 9.17) is 5.26 Å². The molecule has 1 heterocycles. The standard InChI is InChI=1S/C19H23N3O3S/c1-3-11-21(12-4-2)19(23)17-9-13-22(14-10-17)26(24,25)18-7-5-16(15-20)6-8-18/h3-8,17H,1-2,9-14H2. The Morgan fingerprint density at radius 1 is 1.19 bits per heavy atom. The van der Waals surface area contributed by atoms with Gasteiger partial charge in [-0.2, -0.15) is 9.57 Å². The lowest BCUT2D eigenvalue weighted by molar-refractivity contribution is -0.135. The fourth-order valence-corrected chi connectivity index (χ4v) is 4.49. The highest BCUT2D eigenvalue weighted by atomic mass is 32.2. The van der Waals surface area contributed by atoms with Crippen molar-refractivity contribution in [3.8, 4) is 6.07 Å². The van der Waals surface area contributed by atoms with Gasteiger partial charge in [-0.1, -0.05) is 12.2 Å². The molecule has 6 nitrogen and oxygen atoms in total. The molecule has 1 aromatic carbocycles. The van der Waals surface area contributed by atoms with Gasteiger partial charge in [-0.25, -0.2) is 8.42 Å². The normalized spacial score (nSPS) is 15.8. The van der Waals surface area contributed by atoms with Crippen molar-refractivity contribution in [2.45, 2.75) is 17.7 Å². The van der Waals surface area contributed by atoms with Gasteiger partial charge in [0, 0.05) is 32.1 Å². The molecule has 1 amide bonds. The summed E-state index contributed by atoms with van der Waals surface area (Å²) in [6.07, 6.45) is 4.32. The van der Waals surface area contributed by atoms with Crippen molar-refractivity contribution in [1.82, 2.24) is 9.21 Å². The molecule has 0 radical (unpaired) electrons. The van der Waals surface area contributed by atoms with Crippen molar-refractivity contribution < 1.29 is 13.2 Å². The zero-order chi connectivity index (χ0) is 19.2. The average molecular weight is 373 g/mol. The van der Waals surface area contributed by atoms with Crippen LogP contribution in [0, 0.1) is 17.2 Å². The lowest BCUT2D eigenvalue weighted by Gasteiger charge is -2.33. The summed E-state index contributed by atoms with van der Waals surface area (Å²) in [5.41, 5.74) is 0.415. The van der Waals surface area contributed by atoms with Gasteiger partial charge < -0.3 is 4.90 Å². The molecule has 0 bridgehead atoms. The third-order valence-electron chi connectivity index (χ3n) is 4.44. The van der Waals surface area contributed by atoms with Crippen molar-refractivity contribution in [2.24, 2.45) is 5.92 Å². The summed E-state index contributed by atoms with van der Waals surface area (Å²) in [5.74, 6) is -0.178. The van der Waals surface area contributed by atoms with Crippen LogP contribution in [0.4, 0.5) is 0 Å². The minimum absolute atomic E-state index is 0.0141. The Kier molecular flexibility index (Phi) is 6.72. The fourth-order valence-electron chi connectivity index (χ4n) is 3.02. The van der Waals surface area contributed by atoms with E-state index < -0.39 is 10.0 Å². The van der Waals surface area contributed by atoms with Gasteiger partial charge in [0.1, 0.15) is 0 Å². The summed E-state index contributed by atoms with van der Waals surface area (Å²) in [7, 11) is -3.61. The fraction of sp³-hybridized carbons (Fsp3) is 0.368. The van der Waals surface area contributed by atoms with Crippen LogP contribution in [0.1, 0.15) is 18.4 Å².